The maximum atomic E-state index is 12.1. The predicted molar refractivity (Wildman–Crippen MR) is 161 cm³/mol. The Labute approximate surface area is 240 Å². The second-order valence-electron chi connectivity index (χ2n) is 10.7. The largest absolute Gasteiger partial charge is 0.507 e. The number of hydrogen-bond acceptors (Lipinski definition) is 5. The fraction of sp³-hybridized carbons (Fsp3) is 0.167. The van der Waals surface area contributed by atoms with Gasteiger partial charge in [-0.3, -0.25) is 0 Å². The number of hydrogen-bond donors (Lipinski definition) is 5. The van der Waals surface area contributed by atoms with E-state index in [1.165, 1.54) is 0 Å². The van der Waals surface area contributed by atoms with Gasteiger partial charge in [-0.15, -0.1) is 0 Å². The van der Waals surface area contributed by atoms with Crippen LogP contribution < -0.4 is 0 Å². The van der Waals surface area contributed by atoms with E-state index < -0.39 is 11.8 Å². The fourth-order valence-corrected chi connectivity index (χ4v) is 5.71. The molecule has 5 aromatic rings. The highest BCUT2D eigenvalue weighted by molar-refractivity contribution is 5.63. The monoisotopic (exact) mass is 546 g/mol. The highest BCUT2D eigenvalue weighted by atomic mass is 16.3. The first-order valence-electron chi connectivity index (χ1n) is 13.6. The number of aryl methyl sites for hydroxylation is 4. The molecule has 0 radical (unpaired) electrons. The van der Waals surface area contributed by atoms with Crippen LogP contribution in [-0.4, -0.2) is 25.5 Å². The Morgan fingerprint density at radius 2 is 0.512 bits per heavy atom. The summed E-state index contributed by atoms with van der Waals surface area (Å²) >= 11 is 0. The molecule has 0 aromatic heterocycles. The number of rotatable bonds is 6. The lowest BCUT2D eigenvalue weighted by atomic mass is 9.78. The Balaban J connectivity index is 1.83. The first-order valence-corrected chi connectivity index (χ1v) is 13.6. The summed E-state index contributed by atoms with van der Waals surface area (Å²) in [5.41, 5.74) is 5.74. The molecule has 0 amide bonds. The molecule has 5 heteroatoms. The Kier molecular flexibility index (Phi) is 7.38. The Bertz CT molecular complexity index is 1530. The molecule has 5 nitrogen and oxygen atoms in total. The number of aromatic hydroxyl groups is 5. The Morgan fingerprint density at radius 3 is 0.756 bits per heavy atom. The fourth-order valence-electron chi connectivity index (χ4n) is 5.71. The lowest BCUT2D eigenvalue weighted by Crippen LogP contribution is -2.10. The third-order valence-electron chi connectivity index (χ3n) is 8.04. The van der Waals surface area contributed by atoms with Crippen molar-refractivity contribution in [2.24, 2.45) is 0 Å². The summed E-state index contributed by atoms with van der Waals surface area (Å²) in [6.45, 7) is 7.22. The minimum atomic E-state index is -0.715. The molecule has 0 atom stereocenters. The molecular formula is C36H34O5. The van der Waals surface area contributed by atoms with Gasteiger partial charge in [0.25, 0.3) is 0 Å². The van der Waals surface area contributed by atoms with Gasteiger partial charge in [0, 0.05) is 45.2 Å². The second-order valence-corrected chi connectivity index (χ2v) is 10.7. The van der Waals surface area contributed by atoms with Crippen LogP contribution in [0.2, 0.25) is 0 Å². The van der Waals surface area contributed by atoms with Gasteiger partial charge < -0.3 is 25.5 Å². The standard InChI is InChI=1S/C36H34O5/c1-20-10-5-14-24(32(20)37)30(25-15-6-11-21(2)33(25)38)28-18-9-19-29(36(28)41)31(26-16-7-12-22(3)34(26)39)27-17-8-13-23(4)35(27)40/h5-19,30-31,37-41H,1-4H3. The van der Waals surface area contributed by atoms with Crippen molar-refractivity contribution < 1.29 is 25.5 Å². The van der Waals surface area contributed by atoms with Crippen molar-refractivity contribution in [3.8, 4) is 28.7 Å². The van der Waals surface area contributed by atoms with E-state index in [0.717, 1.165) is 0 Å². The normalized spacial score (nSPS) is 11.4. The highest BCUT2D eigenvalue weighted by Gasteiger charge is 2.31. The van der Waals surface area contributed by atoms with Crippen molar-refractivity contribution >= 4 is 0 Å². The van der Waals surface area contributed by atoms with Crippen LogP contribution in [0.25, 0.3) is 0 Å². The van der Waals surface area contributed by atoms with Gasteiger partial charge in [-0.1, -0.05) is 91.0 Å². The van der Waals surface area contributed by atoms with Gasteiger partial charge in [0.05, 0.1) is 0 Å². The summed E-state index contributed by atoms with van der Waals surface area (Å²) in [4.78, 5) is 0. The Morgan fingerprint density at radius 1 is 0.317 bits per heavy atom. The summed E-state index contributed by atoms with van der Waals surface area (Å²) in [5.74, 6) is -1.19. The summed E-state index contributed by atoms with van der Waals surface area (Å²) < 4.78 is 0. The molecule has 0 unspecified atom stereocenters. The molecule has 208 valence electrons. The summed E-state index contributed by atoms with van der Waals surface area (Å²) in [5, 5.41) is 56.8. The van der Waals surface area contributed by atoms with Gasteiger partial charge in [-0.25, -0.2) is 0 Å². The van der Waals surface area contributed by atoms with E-state index in [2.05, 4.69) is 0 Å². The van der Waals surface area contributed by atoms with Crippen molar-refractivity contribution in [1.82, 2.24) is 0 Å². The van der Waals surface area contributed by atoms with Crippen LogP contribution in [-0.2, 0) is 0 Å². The van der Waals surface area contributed by atoms with Gasteiger partial charge in [-0.05, 0) is 49.9 Å². The molecule has 0 saturated carbocycles. The van der Waals surface area contributed by atoms with E-state index in [9.17, 15) is 25.5 Å². The van der Waals surface area contributed by atoms with E-state index in [0.29, 0.717) is 55.6 Å². The van der Waals surface area contributed by atoms with Crippen LogP contribution in [0.3, 0.4) is 0 Å². The summed E-state index contributed by atoms with van der Waals surface area (Å²) in [7, 11) is 0. The van der Waals surface area contributed by atoms with Gasteiger partial charge in [0.1, 0.15) is 28.7 Å². The van der Waals surface area contributed by atoms with E-state index in [4.69, 9.17) is 0 Å². The molecule has 0 aliphatic rings. The van der Waals surface area contributed by atoms with Crippen molar-refractivity contribution in [3.63, 3.8) is 0 Å². The Hall–Kier alpha value is -4.90. The molecule has 0 fully saturated rings. The average molecular weight is 547 g/mol. The van der Waals surface area contributed by atoms with Crippen LogP contribution in [0.15, 0.2) is 91.0 Å². The van der Waals surface area contributed by atoms with Gasteiger partial charge in [0.15, 0.2) is 0 Å². The quantitative estimate of drug-likeness (QED) is 0.140. The zero-order valence-electron chi connectivity index (χ0n) is 23.6. The van der Waals surface area contributed by atoms with Crippen molar-refractivity contribution in [2.75, 3.05) is 0 Å². The van der Waals surface area contributed by atoms with Crippen LogP contribution in [0.4, 0.5) is 0 Å². The minimum Gasteiger partial charge on any atom is -0.507 e. The molecule has 41 heavy (non-hydrogen) atoms. The first kappa shape index (κ1) is 27.7. The molecule has 0 saturated heterocycles. The zero-order chi connectivity index (χ0) is 29.4. The van der Waals surface area contributed by atoms with Crippen molar-refractivity contribution in [1.29, 1.82) is 0 Å². The van der Waals surface area contributed by atoms with E-state index >= 15 is 0 Å². The molecule has 0 aliphatic heterocycles. The maximum absolute atomic E-state index is 12.1. The van der Waals surface area contributed by atoms with E-state index in [-0.39, 0.29) is 28.7 Å². The van der Waals surface area contributed by atoms with E-state index in [1.54, 1.807) is 88.4 Å². The second kappa shape index (κ2) is 10.9. The molecular weight excluding hydrogens is 512 g/mol. The summed E-state index contributed by atoms with van der Waals surface area (Å²) in [6, 6.07) is 27.1. The summed E-state index contributed by atoms with van der Waals surface area (Å²) in [6.07, 6.45) is 0. The lowest BCUT2D eigenvalue weighted by molar-refractivity contribution is 0.440. The topological polar surface area (TPSA) is 101 Å². The van der Waals surface area contributed by atoms with Crippen LogP contribution >= 0.6 is 0 Å². The van der Waals surface area contributed by atoms with Gasteiger partial charge >= 0.3 is 0 Å². The predicted octanol–water partition coefficient (Wildman–Crippen LogP) is 7.81. The van der Waals surface area contributed by atoms with Crippen LogP contribution in [0.1, 0.15) is 67.5 Å². The van der Waals surface area contributed by atoms with Gasteiger partial charge in [0.2, 0.25) is 0 Å². The number of phenols is 5. The molecule has 0 heterocycles. The smallest absolute Gasteiger partial charge is 0.123 e. The van der Waals surface area contributed by atoms with E-state index in [1.807, 2.05) is 30.3 Å². The molecule has 5 rings (SSSR count). The first-order chi connectivity index (χ1) is 19.6. The highest BCUT2D eigenvalue weighted by Crippen LogP contribution is 2.50. The number of benzene rings is 5. The third-order valence-corrected chi connectivity index (χ3v) is 8.04. The van der Waals surface area contributed by atoms with Gasteiger partial charge in [-0.2, -0.15) is 0 Å². The maximum Gasteiger partial charge on any atom is 0.123 e. The molecule has 0 bridgehead atoms. The number of phenolic OH excluding ortho intramolecular Hbond substituents is 5. The lowest BCUT2D eigenvalue weighted by Gasteiger charge is -2.27. The molecule has 0 spiro atoms. The van der Waals surface area contributed by atoms with Crippen LogP contribution in [0, 0.1) is 27.7 Å². The third kappa shape index (κ3) is 4.84. The number of para-hydroxylation sites is 5. The van der Waals surface area contributed by atoms with Crippen LogP contribution in [0.5, 0.6) is 28.7 Å². The minimum absolute atomic E-state index is 0.0638. The zero-order valence-corrected chi connectivity index (χ0v) is 23.6. The van der Waals surface area contributed by atoms with Crippen molar-refractivity contribution in [3.05, 3.63) is 147 Å². The SMILES string of the molecule is Cc1cccc(C(c2cccc(C)c2O)c2cccc(C(c3cccc(C)c3O)c3cccc(C)c3O)c2O)c1O. The molecule has 5 N–H and O–H groups in total. The molecule has 5 aromatic carbocycles. The molecule has 0 aliphatic carbocycles. The average Bonchev–Trinajstić information content (AvgIpc) is 2.95. The van der Waals surface area contributed by atoms with Crippen molar-refractivity contribution in [2.45, 2.75) is 39.5 Å².